The Morgan fingerprint density at radius 2 is 1.91 bits per heavy atom. The molecule has 0 fully saturated rings. The maximum Gasteiger partial charge on any atom is 0.311 e. The number of benzene rings is 2. The highest BCUT2D eigenvalue weighted by molar-refractivity contribution is 6.01. The molecule has 0 aliphatic carbocycles. The second-order valence-corrected chi connectivity index (χ2v) is 7.70. The van der Waals surface area contributed by atoms with E-state index >= 15 is 0 Å². The van der Waals surface area contributed by atoms with Crippen molar-refractivity contribution in [3.63, 3.8) is 0 Å². The zero-order valence-corrected chi connectivity index (χ0v) is 19.2. The van der Waals surface area contributed by atoms with E-state index in [1.165, 1.54) is 12.3 Å². The molecule has 1 N–H and O–H groups in total. The average molecular weight is 459 g/mol. The first-order chi connectivity index (χ1) is 16.4. The molecule has 1 heterocycles. The van der Waals surface area contributed by atoms with E-state index in [0.29, 0.717) is 30.1 Å². The van der Waals surface area contributed by atoms with Gasteiger partial charge in [-0.05, 0) is 73.4 Å². The minimum Gasteiger partial charge on any atom is -0.493 e. The Balaban J connectivity index is 1.45. The minimum absolute atomic E-state index is 0.0415. The number of furan rings is 1. The Morgan fingerprint density at radius 1 is 1.12 bits per heavy atom. The molecule has 0 atom stereocenters. The number of carbonyl (C=O) groups is 2. The fraction of sp³-hybridized carbons (Fsp3) is 0.222. The molecule has 0 spiro atoms. The quantitative estimate of drug-likeness (QED) is 0.153. The first-order valence-corrected chi connectivity index (χ1v) is 10.9. The normalized spacial score (nSPS) is 10.9. The van der Waals surface area contributed by atoms with Crippen molar-refractivity contribution in [2.75, 3.05) is 6.61 Å². The third-order valence-electron chi connectivity index (χ3n) is 4.92. The molecule has 7 nitrogen and oxygen atoms in total. The number of nitrogens with one attached hydrogen (secondary N) is 1. The average Bonchev–Trinajstić information content (AvgIpc) is 3.35. The number of nitriles is 1. The number of carbonyl (C=O) groups excluding carboxylic acids is 2. The Kier molecular flexibility index (Phi) is 8.64. The lowest BCUT2D eigenvalue weighted by molar-refractivity contribution is -0.134. The van der Waals surface area contributed by atoms with Crippen LogP contribution < -0.4 is 14.8 Å². The summed E-state index contributed by atoms with van der Waals surface area (Å²) < 4.78 is 16.3. The summed E-state index contributed by atoms with van der Waals surface area (Å²) in [6.45, 7) is 4.59. The summed E-state index contributed by atoms with van der Waals surface area (Å²) in [5.41, 5.74) is 2.76. The zero-order chi connectivity index (χ0) is 24.3. The fourth-order valence-electron chi connectivity index (χ4n) is 3.07. The predicted molar refractivity (Wildman–Crippen MR) is 127 cm³/mol. The molecule has 7 heteroatoms. The highest BCUT2D eigenvalue weighted by atomic mass is 16.5. The second-order valence-electron chi connectivity index (χ2n) is 7.70. The lowest BCUT2D eigenvalue weighted by Crippen LogP contribution is -2.23. The van der Waals surface area contributed by atoms with E-state index in [-0.39, 0.29) is 24.5 Å². The van der Waals surface area contributed by atoms with Gasteiger partial charge in [0.2, 0.25) is 0 Å². The molecule has 0 saturated carbocycles. The van der Waals surface area contributed by atoms with Gasteiger partial charge >= 0.3 is 5.97 Å². The Hall–Kier alpha value is -4.31. The molecule has 0 aliphatic rings. The van der Waals surface area contributed by atoms with Gasteiger partial charge in [0.15, 0.2) is 0 Å². The van der Waals surface area contributed by atoms with E-state index in [1.54, 1.807) is 36.4 Å². The molecule has 0 saturated heterocycles. The molecule has 0 bridgehead atoms. The summed E-state index contributed by atoms with van der Waals surface area (Å²) >= 11 is 0. The molecule has 2 aromatic carbocycles. The molecular weight excluding hydrogens is 432 g/mol. The standard InChI is InChI=1S/C27H26N2O5/c1-19-7-8-20(2)25(15-19)33-14-4-6-26(30)34-23-11-9-21(10-12-23)16-22(17-28)27(31)29-18-24-5-3-13-32-24/h3,5,7-13,15-16H,4,6,14,18H2,1-2H3,(H,29,31)/b22-16+. The molecule has 0 radical (unpaired) electrons. The number of ether oxygens (including phenoxy) is 2. The van der Waals surface area contributed by atoms with E-state index in [4.69, 9.17) is 13.9 Å². The van der Waals surface area contributed by atoms with Gasteiger partial charge in [-0.3, -0.25) is 9.59 Å². The van der Waals surface area contributed by atoms with E-state index in [9.17, 15) is 14.9 Å². The molecule has 0 unspecified atom stereocenters. The number of amides is 1. The molecule has 3 aromatic rings. The summed E-state index contributed by atoms with van der Waals surface area (Å²) in [4.78, 5) is 24.3. The van der Waals surface area contributed by atoms with Crippen LogP contribution in [-0.2, 0) is 16.1 Å². The largest absolute Gasteiger partial charge is 0.493 e. The van der Waals surface area contributed by atoms with Crippen molar-refractivity contribution in [2.45, 2.75) is 33.2 Å². The lowest BCUT2D eigenvalue weighted by Gasteiger charge is -2.10. The van der Waals surface area contributed by atoms with E-state index in [0.717, 1.165) is 16.9 Å². The topological polar surface area (TPSA) is 102 Å². The molecule has 1 aromatic heterocycles. The summed E-state index contributed by atoms with van der Waals surface area (Å²) in [5.74, 6) is 0.941. The van der Waals surface area contributed by atoms with Gasteiger partial charge in [0.05, 0.1) is 19.4 Å². The molecule has 34 heavy (non-hydrogen) atoms. The fourth-order valence-corrected chi connectivity index (χ4v) is 3.07. The van der Waals surface area contributed by atoms with Crippen LogP contribution in [0.4, 0.5) is 0 Å². The van der Waals surface area contributed by atoms with Crippen LogP contribution in [0.1, 0.15) is 35.3 Å². The highest BCUT2D eigenvalue weighted by Crippen LogP contribution is 2.20. The lowest BCUT2D eigenvalue weighted by atomic mass is 10.1. The van der Waals surface area contributed by atoms with E-state index in [2.05, 4.69) is 5.32 Å². The third-order valence-corrected chi connectivity index (χ3v) is 4.92. The van der Waals surface area contributed by atoms with Crippen LogP contribution in [0.3, 0.4) is 0 Å². The number of nitrogens with zero attached hydrogens (tertiary/aromatic N) is 1. The van der Waals surface area contributed by atoms with Gasteiger partial charge in [-0.15, -0.1) is 0 Å². The van der Waals surface area contributed by atoms with Crippen molar-refractivity contribution in [1.82, 2.24) is 5.32 Å². The Labute approximate surface area is 198 Å². The van der Waals surface area contributed by atoms with Crippen LogP contribution >= 0.6 is 0 Å². The summed E-state index contributed by atoms with van der Waals surface area (Å²) in [6.07, 6.45) is 3.73. The zero-order valence-electron chi connectivity index (χ0n) is 19.2. The van der Waals surface area contributed by atoms with Gasteiger partial charge in [0.1, 0.15) is 28.9 Å². The first kappa shape index (κ1) is 24.3. The van der Waals surface area contributed by atoms with Crippen LogP contribution in [0.5, 0.6) is 11.5 Å². The maximum atomic E-state index is 12.2. The first-order valence-electron chi connectivity index (χ1n) is 10.9. The predicted octanol–water partition coefficient (Wildman–Crippen LogP) is 4.88. The van der Waals surface area contributed by atoms with Gasteiger partial charge in [0, 0.05) is 6.42 Å². The molecule has 3 rings (SSSR count). The van der Waals surface area contributed by atoms with Crippen LogP contribution in [0, 0.1) is 25.2 Å². The van der Waals surface area contributed by atoms with E-state index in [1.807, 2.05) is 38.1 Å². The monoisotopic (exact) mass is 458 g/mol. The molecule has 0 aliphatic heterocycles. The number of hydrogen-bond donors (Lipinski definition) is 1. The van der Waals surface area contributed by atoms with Crippen molar-refractivity contribution < 1.29 is 23.5 Å². The van der Waals surface area contributed by atoms with Crippen molar-refractivity contribution >= 4 is 18.0 Å². The van der Waals surface area contributed by atoms with Crippen LogP contribution in [0.25, 0.3) is 6.08 Å². The molecule has 174 valence electrons. The smallest absolute Gasteiger partial charge is 0.311 e. The van der Waals surface area contributed by atoms with Gasteiger partial charge < -0.3 is 19.2 Å². The maximum absolute atomic E-state index is 12.2. The molecular formula is C27H26N2O5. The summed E-state index contributed by atoms with van der Waals surface area (Å²) in [5, 5.41) is 11.9. The number of hydrogen-bond acceptors (Lipinski definition) is 6. The second kappa shape index (κ2) is 12.1. The highest BCUT2D eigenvalue weighted by Gasteiger charge is 2.10. The number of esters is 1. The summed E-state index contributed by atoms with van der Waals surface area (Å²) in [6, 6.07) is 17.9. The minimum atomic E-state index is -0.502. The Bertz CT molecular complexity index is 1190. The van der Waals surface area contributed by atoms with Crippen LogP contribution in [0.2, 0.25) is 0 Å². The van der Waals surface area contributed by atoms with Crippen molar-refractivity contribution in [3.05, 3.63) is 88.9 Å². The van der Waals surface area contributed by atoms with Gasteiger partial charge in [-0.1, -0.05) is 24.3 Å². The van der Waals surface area contributed by atoms with Gasteiger partial charge in [-0.2, -0.15) is 5.26 Å². The van der Waals surface area contributed by atoms with Gasteiger partial charge in [-0.25, -0.2) is 0 Å². The molecule has 1 amide bonds. The van der Waals surface area contributed by atoms with Crippen LogP contribution in [0.15, 0.2) is 70.9 Å². The Morgan fingerprint density at radius 3 is 2.62 bits per heavy atom. The number of aryl methyl sites for hydroxylation is 2. The third kappa shape index (κ3) is 7.38. The van der Waals surface area contributed by atoms with E-state index < -0.39 is 5.91 Å². The van der Waals surface area contributed by atoms with Crippen LogP contribution in [-0.4, -0.2) is 18.5 Å². The van der Waals surface area contributed by atoms with Gasteiger partial charge in [0.25, 0.3) is 5.91 Å². The number of rotatable bonds is 10. The van der Waals surface area contributed by atoms with Crippen molar-refractivity contribution in [3.8, 4) is 17.6 Å². The van der Waals surface area contributed by atoms with Crippen molar-refractivity contribution in [2.24, 2.45) is 0 Å². The summed E-state index contributed by atoms with van der Waals surface area (Å²) in [7, 11) is 0. The van der Waals surface area contributed by atoms with Crippen molar-refractivity contribution in [1.29, 1.82) is 5.26 Å². The SMILES string of the molecule is Cc1ccc(C)c(OCCCC(=O)Oc2ccc(/C=C(\C#N)C(=O)NCc3ccco3)cc2)c1.